The number of aryl methyl sites for hydroxylation is 1. The van der Waals surface area contributed by atoms with Crippen LogP contribution >= 0.6 is 11.5 Å². The fourth-order valence-corrected chi connectivity index (χ4v) is 3.21. The van der Waals surface area contributed by atoms with Gasteiger partial charge in [0.05, 0.1) is 5.75 Å². The summed E-state index contributed by atoms with van der Waals surface area (Å²) in [6.45, 7) is 1.52. The third kappa shape index (κ3) is 4.33. The van der Waals surface area contributed by atoms with E-state index >= 15 is 0 Å². The summed E-state index contributed by atoms with van der Waals surface area (Å²) in [4.78, 5) is 15.6. The van der Waals surface area contributed by atoms with Crippen molar-refractivity contribution in [2.24, 2.45) is 0 Å². The molecule has 8 heteroatoms. The van der Waals surface area contributed by atoms with Gasteiger partial charge >= 0.3 is 0 Å². The monoisotopic (exact) mass is 325 g/mol. The second-order valence-electron chi connectivity index (χ2n) is 4.32. The Morgan fingerprint density at radius 1 is 1.29 bits per heavy atom. The normalized spacial score (nSPS) is 11.3. The minimum atomic E-state index is -3.43. The van der Waals surface area contributed by atoms with Gasteiger partial charge in [-0.15, -0.1) is 0 Å². The highest BCUT2D eigenvalue weighted by molar-refractivity contribution is 7.91. The van der Waals surface area contributed by atoms with Gasteiger partial charge in [-0.2, -0.15) is 9.36 Å². The SMILES string of the molecule is CCS(=O)(=O)c1nsc(NC(=O)CCc2ccccc2)n1. The third-order valence-electron chi connectivity index (χ3n) is 2.80. The predicted molar refractivity (Wildman–Crippen MR) is 81.0 cm³/mol. The Kier molecular flexibility index (Phi) is 5.03. The Morgan fingerprint density at radius 3 is 2.67 bits per heavy atom. The smallest absolute Gasteiger partial charge is 0.260 e. The molecule has 1 heterocycles. The van der Waals surface area contributed by atoms with Crippen molar-refractivity contribution in [3.63, 3.8) is 0 Å². The van der Waals surface area contributed by atoms with E-state index in [-0.39, 0.29) is 21.9 Å². The molecular weight excluding hydrogens is 310 g/mol. The topological polar surface area (TPSA) is 89.0 Å². The molecule has 0 spiro atoms. The quantitative estimate of drug-likeness (QED) is 0.876. The van der Waals surface area contributed by atoms with Crippen molar-refractivity contribution in [2.75, 3.05) is 11.1 Å². The summed E-state index contributed by atoms with van der Waals surface area (Å²) >= 11 is 0.870. The molecule has 1 aromatic heterocycles. The number of hydrogen-bond donors (Lipinski definition) is 1. The number of sulfone groups is 1. The van der Waals surface area contributed by atoms with E-state index in [1.165, 1.54) is 6.92 Å². The van der Waals surface area contributed by atoms with Crippen LogP contribution in [0.3, 0.4) is 0 Å². The highest BCUT2D eigenvalue weighted by Gasteiger charge is 2.18. The fourth-order valence-electron chi connectivity index (χ4n) is 1.60. The summed E-state index contributed by atoms with van der Waals surface area (Å²) in [5, 5.41) is 2.55. The van der Waals surface area contributed by atoms with Crippen LogP contribution < -0.4 is 5.32 Å². The van der Waals surface area contributed by atoms with Gasteiger partial charge in [0.15, 0.2) is 0 Å². The Morgan fingerprint density at radius 2 is 2.00 bits per heavy atom. The van der Waals surface area contributed by atoms with Crippen molar-refractivity contribution < 1.29 is 13.2 Å². The van der Waals surface area contributed by atoms with Crippen molar-refractivity contribution in [3.8, 4) is 0 Å². The van der Waals surface area contributed by atoms with Gasteiger partial charge < -0.3 is 5.32 Å². The first-order valence-electron chi connectivity index (χ1n) is 6.41. The molecule has 6 nitrogen and oxygen atoms in total. The molecule has 0 fully saturated rings. The second-order valence-corrected chi connectivity index (χ2v) is 7.24. The fraction of sp³-hybridized carbons (Fsp3) is 0.308. The number of carbonyl (C=O) groups excluding carboxylic acids is 1. The van der Waals surface area contributed by atoms with E-state index in [4.69, 9.17) is 0 Å². The van der Waals surface area contributed by atoms with E-state index in [1.54, 1.807) is 0 Å². The van der Waals surface area contributed by atoms with Crippen LogP contribution in [0.4, 0.5) is 5.13 Å². The molecule has 0 radical (unpaired) electrons. The average molecular weight is 325 g/mol. The van der Waals surface area contributed by atoms with Crippen LogP contribution in [-0.2, 0) is 21.1 Å². The van der Waals surface area contributed by atoms with Crippen molar-refractivity contribution in [2.45, 2.75) is 24.9 Å². The molecule has 1 N–H and O–H groups in total. The first kappa shape index (κ1) is 15.6. The van der Waals surface area contributed by atoms with Gasteiger partial charge in [-0.05, 0) is 12.0 Å². The van der Waals surface area contributed by atoms with Gasteiger partial charge in [0.2, 0.25) is 20.9 Å². The van der Waals surface area contributed by atoms with E-state index in [9.17, 15) is 13.2 Å². The zero-order chi connectivity index (χ0) is 15.3. The molecule has 0 aliphatic carbocycles. The number of nitrogens with zero attached hydrogens (tertiary/aromatic N) is 2. The Labute approximate surface area is 127 Å². The maximum Gasteiger partial charge on any atom is 0.260 e. The molecule has 0 aliphatic rings. The maximum absolute atomic E-state index is 11.8. The predicted octanol–water partition coefficient (Wildman–Crippen LogP) is 1.90. The van der Waals surface area contributed by atoms with Crippen LogP contribution in [0.1, 0.15) is 18.9 Å². The number of amides is 1. The van der Waals surface area contributed by atoms with Gasteiger partial charge in [-0.1, -0.05) is 37.3 Å². The van der Waals surface area contributed by atoms with Crippen molar-refractivity contribution in [1.82, 2.24) is 9.36 Å². The number of aromatic nitrogens is 2. The molecule has 2 rings (SSSR count). The van der Waals surface area contributed by atoms with Crippen molar-refractivity contribution in [1.29, 1.82) is 0 Å². The number of anilines is 1. The van der Waals surface area contributed by atoms with Crippen LogP contribution in [0.25, 0.3) is 0 Å². The number of carbonyl (C=O) groups is 1. The third-order valence-corrected chi connectivity index (χ3v) is 5.04. The first-order valence-corrected chi connectivity index (χ1v) is 8.84. The zero-order valence-electron chi connectivity index (χ0n) is 11.4. The molecule has 0 saturated heterocycles. The lowest BCUT2D eigenvalue weighted by atomic mass is 10.1. The number of rotatable bonds is 6. The lowest BCUT2D eigenvalue weighted by molar-refractivity contribution is -0.116. The van der Waals surface area contributed by atoms with E-state index in [2.05, 4.69) is 14.7 Å². The van der Waals surface area contributed by atoms with Crippen LogP contribution in [0.15, 0.2) is 35.5 Å². The lowest BCUT2D eigenvalue weighted by Gasteiger charge is -2.01. The van der Waals surface area contributed by atoms with E-state index in [0.29, 0.717) is 12.8 Å². The molecule has 0 bridgehead atoms. The van der Waals surface area contributed by atoms with Crippen molar-refractivity contribution >= 4 is 32.4 Å². The average Bonchev–Trinajstić information content (AvgIpc) is 2.95. The molecule has 0 saturated carbocycles. The summed E-state index contributed by atoms with van der Waals surface area (Å²) in [6, 6.07) is 9.65. The highest BCUT2D eigenvalue weighted by Crippen LogP contribution is 2.16. The Bertz CT molecular complexity index is 711. The summed E-state index contributed by atoms with van der Waals surface area (Å²) in [6.07, 6.45) is 0.922. The van der Waals surface area contributed by atoms with Gasteiger partial charge in [0, 0.05) is 18.0 Å². The van der Waals surface area contributed by atoms with Crippen LogP contribution in [-0.4, -0.2) is 29.4 Å². The summed E-state index contributed by atoms with van der Waals surface area (Å²) < 4.78 is 26.9. The molecule has 2 aromatic rings. The minimum absolute atomic E-state index is 0.0644. The Hall–Kier alpha value is -1.80. The minimum Gasteiger partial charge on any atom is -0.301 e. The summed E-state index contributed by atoms with van der Waals surface area (Å²) in [7, 11) is -3.43. The highest BCUT2D eigenvalue weighted by atomic mass is 32.2. The van der Waals surface area contributed by atoms with Crippen molar-refractivity contribution in [3.05, 3.63) is 35.9 Å². The lowest BCUT2D eigenvalue weighted by Crippen LogP contribution is -2.12. The molecule has 0 unspecified atom stereocenters. The van der Waals surface area contributed by atoms with Gasteiger partial charge in [0.25, 0.3) is 5.16 Å². The molecule has 0 atom stereocenters. The second kappa shape index (κ2) is 6.77. The summed E-state index contributed by atoms with van der Waals surface area (Å²) in [5.41, 5.74) is 1.07. The van der Waals surface area contributed by atoms with Crippen LogP contribution in [0, 0.1) is 0 Å². The molecule has 1 aromatic carbocycles. The largest absolute Gasteiger partial charge is 0.301 e. The first-order chi connectivity index (χ1) is 10.0. The van der Waals surface area contributed by atoms with Gasteiger partial charge in [-0.25, -0.2) is 8.42 Å². The van der Waals surface area contributed by atoms with E-state index in [1.807, 2.05) is 30.3 Å². The number of hydrogen-bond acceptors (Lipinski definition) is 6. The summed E-state index contributed by atoms with van der Waals surface area (Å²) in [5.74, 6) is -0.277. The van der Waals surface area contributed by atoms with Crippen LogP contribution in [0.5, 0.6) is 0 Å². The molecule has 112 valence electrons. The van der Waals surface area contributed by atoms with E-state index in [0.717, 1.165) is 17.1 Å². The molecule has 0 aliphatic heterocycles. The standard InChI is InChI=1S/C13H15N3O3S2/c1-2-21(18,19)13-15-12(20-16-13)14-11(17)9-8-10-6-4-3-5-7-10/h3-7H,2,8-9H2,1H3,(H,14,15,16,17). The molecular formula is C13H15N3O3S2. The number of nitrogens with one attached hydrogen (secondary N) is 1. The number of benzene rings is 1. The zero-order valence-corrected chi connectivity index (χ0v) is 13.1. The molecule has 21 heavy (non-hydrogen) atoms. The maximum atomic E-state index is 11.8. The van der Waals surface area contributed by atoms with Gasteiger partial charge in [-0.3, -0.25) is 4.79 Å². The Balaban J connectivity index is 1.92. The van der Waals surface area contributed by atoms with Crippen LogP contribution in [0.2, 0.25) is 0 Å². The van der Waals surface area contributed by atoms with E-state index < -0.39 is 9.84 Å². The molecule has 1 amide bonds. The van der Waals surface area contributed by atoms with Gasteiger partial charge in [0.1, 0.15) is 0 Å².